The molecule has 0 aromatic carbocycles. The maximum absolute atomic E-state index is 13.7. The maximum atomic E-state index is 13.7. The van der Waals surface area contributed by atoms with E-state index in [0.29, 0.717) is 5.91 Å². The van der Waals surface area contributed by atoms with Gasteiger partial charge in [0.05, 0.1) is 17.0 Å². The number of amides is 1. The molecule has 2 aliphatic rings. The molecule has 2 saturated heterocycles. The fourth-order valence-corrected chi connectivity index (χ4v) is 7.20. The lowest BCUT2D eigenvalue weighted by molar-refractivity contribution is -0.136. The van der Waals surface area contributed by atoms with E-state index in [1.807, 2.05) is 22.9 Å². The third-order valence-corrected chi connectivity index (χ3v) is 8.92. The number of rotatable bonds is 5. The molecule has 2 unspecified atom stereocenters. The number of likely N-dealkylation sites (tertiary alicyclic amines) is 2. The number of carbonyl (C=O) groups excluding carboxylic acids is 1. The molecule has 2 aliphatic heterocycles. The van der Waals surface area contributed by atoms with Crippen molar-refractivity contribution in [3.63, 3.8) is 0 Å². The lowest BCUT2D eigenvalue weighted by Gasteiger charge is -2.27. The van der Waals surface area contributed by atoms with Gasteiger partial charge in [-0.15, -0.1) is 34.0 Å². The maximum Gasteiger partial charge on any atom is 0.231 e. The number of aryl methyl sites for hydroxylation is 1. The molecule has 0 saturated carbocycles. The molecule has 0 bridgehead atoms. The molecular formula is C21H23N3OS3. The zero-order valence-corrected chi connectivity index (χ0v) is 18.3. The summed E-state index contributed by atoms with van der Waals surface area (Å²) in [6.45, 7) is 6.47. The molecule has 1 spiro atoms. The van der Waals surface area contributed by atoms with Crippen molar-refractivity contribution in [2.45, 2.75) is 32.4 Å². The van der Waals surface area contributed by atoms with Crippen LogP contribution in [-0.2, 0) is 17.9 Å². The van der Waals surface area contributed by atoms with E-state index in [1.54, 1.807) is 22.7 Å². The monoisotopic (exact) mass is 429 g/mol. The van der Waals surface area contributed by atoms with Crippen LogP contribution in [0.15, 0.2) is 40.5 Å². The largest absolute Gasteiger partial charge is 0.337 e. The summed E-state index contributed by atoms with van der Waals surface area (Å²) in [5.41, 5.74) is 1.04. The number of hydrogen-bond donors (Lipinski definition) is 0. The van der Waals surface area contributed by atoms with Crippen molar-refractivity contribution in [3.8, 4) is 0 Å². The van der Waals surface area contributed by atoms with Crippen LogP contribution in [0.1, 0.15) is 32.7 Å². The molecule has 2 fully saturated rings. The average Bonchev–Trinajstić information content (AvgIpc) is 3.48. The van der Waals surface area contributed by atoms with Crippen molar-refractivity contribution in [2.24, 2.45) is 5.41 Å². The van der Waals surface area contributed by atoms with Crippen molar-refractivity contribution in [1.29, 1.82) is 0 Å². The first-order chi connectivity index (χ1) is 13.7. The van der Waals surface area contributed by atoms with Gasteiger partial charge in [-0.3, -0.25) is 9.69 Å². The number of hydrogen-bond acceptors (Lipinski definition) is 6. The zero-order chi connectivity index (χ0) is 19.1. The number of carbonyl (C=O) groups is 1. The van der Waals surface area contributed by atoms with Crippen molar-refractivity contribution < 1.29 is 4.79 Å². The van der Waals surface area contributed by atoms with Gasteiger partial charge in [0, 0.05) is 53.4 Å². The molecule has 0 N–H and O–H groups in total. The second kappa shape index (κ2) is 7.37. The molecule has 3 aromatic rings. The summed E-state index contributed by atoms with van der Waals surface area (Å²) in [7, 11) is 0. The third-order valence-electron chi connectivity index (χ3n) is 6.17. The van der Waals surface area contributed by atoms with Crippen molar-refractivity contribution in [2.75, 3.05) is 19.6 Å². The SMILES string of the molecule is Cc1ccsc1CN1CC(c2nccs2)C2(CCN(Cc3cccs3)C2=O)C1. The van der Waals surface area contributed by atoms with Crippen LogP contribution in [0, 0.1) is 12.3 Å². The van der Waals surface area contributed by atoms with Crippen LogP contribution >= 0.6 is 34.0 Å². The molecule has 28 heavy (non-hydrogen) atoms. The first kappa shape index (κ1) is 18.5. The first-order valence-electron chi connectivity index (χ1n) is 9.62. The smallest absolute Gasteiger partial charge is 0.231 e. The van der Waals surface area contributed by atoms with Gasteiger partial charge in [-0.2, -0.15) is 0 Å². The van der Waals surface area contributed by atoms with Gasteiger partial charge in [0.1, 0.15) is 0 Å². The van der Waals surface area contributed by atoms with Crippen LogP contribution in [0.4, 0.5) is 0 Å². The van der Waals surface area contributed by atoms with Crippen LogP contribution < -0.4 is 0 Å². The van der Waals surface area contributed by atoms with Crippen LogP contribution in [0.3, 0.4) is 0 Å². The van der Waals surface area contributed by atoms with Crippen molar-refractivity contribution in [3.05, 3.63) is 60.9 Å². The van der Waals surface area contributed by atoms with Crippen LogP contribution in [-0.4, -0.2) is 40.3 Å². The second-order valence-electron chi connectivity index (χ2n) is 7.83. The van der Waals surface area contributed by atoms with E-state index in [-0.39, 0.29) is 11.3 Å². The Morgan fingerprint density at radius 2 is 2.11 bits per heavy atom. The highest BCUT2D eigenvalue weighted by molar-refractivity contribution is 7.10. The van der Waals surface area contributed by atoms with Gasteiger partial charge in [0.2, 0.25) is 5.91 Å². The highest BCUT2D eigenvalue weighted by atomic mass is 32.1. The Balaban J connectivity index is 1.42. The predicted octanol–water partition coefficient (Wildman–Crippen LogP) is 4.59. The first-order valence-corrected chi connectivity index (χ1v) is 12.3. The summed E-state index contributed by atoms with van der Waals surface area (Å²) in [5, 5.41) is 7.41. The molecule has 3 aromatic heterocycles. The van der Waals surface area contributed by atoms with Gasteiger partial charge in [-0.1, -0.05) is 6.07 Å². The molecule has 7 heteroatoms. The molecule has 5 rings (SSSR count). The van der Waals surface area contributed by atoms with Gasteiger partial charge in [-0.05, 0) is 41.8 Å². The van der Waals surface area contributed by atoms with Crippen molar-refractivity contribution in [1.82, 2.24) is 14.8 Å². The molecule has 0 aliphatic carbocycles. The lowest BCUT2D eigenvalue weighted by atomic mass is 9.77. The predicted molar refractivity (Wildman–Crippen MR) is 116 cm³/mol. The summed E-state index contributed by atoms with van der Waals surface area (Å²) in [4.78, 5) is 25.5. The average molecular weight is 430 g/mol. The van der Waals surface area contributed by atoms with Gasteiger partial charge in [0.25, 0.3) is 0 Å². The van der Waals surface area contributed by atoms with Crippen LogP contribution in [0.5, 0.6) is 0 Å². The summed E-state index contributed by atoms with van der Waals surface area (Å²) in [6.07, 6.45) is 2.81. The van der Waals surface area contributed by atoms with E-state index in [9.17, 15) is 4.79 Å². The number of thiazole rings is 1. The van der Waals surface area contributed by atoms with E-state index >= 15 is 0 Å². The van der Waals surface area contributed by atoms with Crippen LogP contribution in [0.2, 0.25) is 0 Å². The highest BCUT2D eigenvalue weighted by Crippen LogP contribution is 2.51. The Labute approximate surface area is 177 Å². The fourth-order valence-electron chi connectivity index (χ4n) is 4.69. The molecule has 0 radical (unpaired) electrons. The number of aromatic nitrogens is 1. The summed E-state index contributed by atoms with van der Waals surface area (Å²) < 4.78 is 0. The summed E-state index contributed by atoms with van der Waals surface area (Å²) in [6, 6.07) is 6.38. The normalized spacial score (nSPS) is 25.4. The lowest BCUT2D eigenvalue weighted by Crippen LogP contribution is -2.39. The topological polar surface area (TPSA) is 36.4 Å². The minimum absolute atomic E-state index is 0.202. The van der Waals surface area contributed by atoms with E-state index in [4.69, 9.17) is 0 Å². The Hall–Kier alpha value is -1.54. The molecule has 146 valence electrons. The van der Waals surface area contributed by atoms with Gasteiger partial charge >= 0.3 is 0 Å². The third kappa shape index (κ3) is 3.14. The van der Waals surface area contributed by atoms with Gasteiger partial charge in [0.15, 0.2) is 0 Å². The Morgan fingerprint density at radius 1 is 1.18 bits per heavy atom. The van der Waals surface area contributed by atoms with E-state index < -0.39 is 0 Å². The van der Waals surface area contributed by atoms with Gasteiger partial charge in [-0.25, -0.2) is 4.98 Å². The Bertz CT molecular complexity index is 950. The standard InChI is InChI=1S/C21H23N3OS3/c1-15-4-9-27-18(15)13-23-12-17(19-22-6-10-28-19)21(14-23)5-7-24(20(21)25)11-16-3-2-8-26-16/h2-4,6,8-10,17H,5,7,11-14H2,1H3. The molecule has 1 amide bonds. The van der Waals surface area contributed by atoms with E-state index in [2.05, 4.69) is 50.7 Å². The molecular weight excluding hydrogens is 406 g/mol. The minimum Gasteiger partial charge on any atom is -0.337 e. The highest BCUT2D eigenvalue weighted by Gasteiger charge is 2.57. The fraction of sp³-hybridized carbons (Fsp3) is 0.429. The summed E-state index contributed by atoms with van der Waals surface area (Å²) >= 11 is 5.25. The molecule has 5 heterocycles. The van der Waals surface area contributed by atoms with E-state index in [1.165, 1.54) is 15.3 Å². The molecule has 4 nitrogen and oxygen atoms in total. The Morgan fingerprint density at radius 3 is 2.82 bits per heavy atom. The van der Waals surface area contributed by atoms with Crippen molar-refractivity contribution >= 4 is 39.9 Å². The number of nitrogens with zero attached hydrogens (tertiary/aromatic N) is 3. The van der Waals surface area contributed by atoms with Crippen LogP contribution in [0.25, 0.3) is 0 Å². The van der Waals surface area contributed by atoms with E-state index in [0.717, 1.165) is 44.2 Å². The molecule has 2 atom stereocenters. The Kier molecular flexibility index (Phi) is 4.87. The van der Waals surface area contributed by atoms with Gasteiger partial charge < -0.3 is 4.90 Å². The second-order valence-corrected chi connectivity index (χ2v) is 10.8. The number of thiophene rings is 2. The zero-order valence-electron chi connectivity index (χ0n) is 15.8. The quantitative estimate of drug-likeness (QED) is 0.595. The summed E-state index contributed by atoms with van der Waals surface area (Å²) in [5.74, 6) is 0.528. The minimum atomic E-state index is -0.319.